The highest BCUT2D eigenvalue weighted by Gasteiger charge is 2.29. The standard InChI is InChI=1S/C17H18ClN3O3.2ClH/c18-11-1-4-13(5-2-11)24-16-8-3-12(10-20-16)21-17(22)15-7-6-14(9-19)23-15;;/h1-5,8,10,14-15H,6-7,9,19H2,(H,21,22);2*1H/t14-,15+;;/m1../s1. The number of anilines is 1. The van der Waals surface area contributed by atoms with Crippen molar-refractivity contribution in [2.24, 2.45) is 5.73 Å². The summed E-state index contributed by atoms with van der Waals surface area (Å²) in [6.45, 7) is 0.433. The average Bonchev–Trinajstić information content (AvgIpc) is 3.08. The van der Waals surface area contributed by atoms with Gasteiger partial charge in [0, 0.05) is 17.6 Å². The first-order valence-electron chi connectivity index (χ1n) is 7.70. The van der Waals surface area contributed by atoms with E-state index in [0.717, 1.165) is 6.42 Å². The maximum absolute atomic E-state index is 12.1. The van der Waals surface area contributed by atoms with Crippen LogP contribution in [-0.4, -0.2) is 29.6 Å². The molecule has 2 heterocycles. The lowest BCUT2D eigenvalue weighted by molar-refractivity contribution is -0.126. The van der Waals surface area contributed by atoms with E-state index in [1.807, 2.05) is 0 Å². The molecule has 26 heavy (non-hydrogen) atoms. The Morgan fingerprint density at radius 2 is 1.96 bits per heavy atom. The van der Waals surface area contributed by atoms with Crippen LogP contribution in [0.5, 0.6) is 11.6 Å². The quantitative estimate of drug-likeness (QED) is 0.768. The van der Waals surface area contributed by atoms with Crippen LogP contribution in [0.1, 0.15) is 12.8 Å². The lowest BCUT2D eigenvalue weighted by Gasteiger charge is -2.12. The number of benzene rings is 1. The van der Waals surface area contributed by atoms with Gasteiger partial charge in [0.2, 0.25) is 5.88 Å². The number of hydrogen-bond donors (Lipinski definition) is 2. The van der Waals surface area contributed by atoms with E-state index in [1.165, 1.54) is 0 Å². The largest absolute Gasteiger partial charge is 0.439 e. The van der Waals surface area contributed by atoms with E-state index in [0.29, 0.717) is 35.3 Å². The van der Waals surface area contributed by atoms with Gasteiger partial charge in [0.15, 0.2) is 0 Å². The van der Waals surface area contributed by atoms with Crippen LogP contribution in [-0.2, 0) is 9.53 Å². The van der Waals surface area contributed by atoms with Gasteiger partial charge in [-0.1, -0.05) is 11.6 Å². The monoisotopic (exact) mass is 419 g/mol. The Labute approximate surface area is 169 Å². The Bertz CT molecular complexity index is 699. The zero-order valence-corrected chi connectivity index (χ0v) is 16.2. The highest BCUT2D eigenvalue weighted by molar-refractivity contribution is 6.30. The Morgan fingerprint density at radius 1 is 1.23 bits per heavy atom. The SMILES string of the molecule is Cl.Cl.NC[C@H]1CC[C@@H](C(=O)Nc2ccc(Oc3ccc(Cl)cc3)nc2)O1. The number of carbonyl (C=O) groups is 1. The summed E-state index contributed by atoms with van der Waals surface area (Å²) in [5.41, 5.74) is 6.14. The summed E-state index contributed by atoms with van der Waals surface area (Å²) in [6.07, 6.45) is 2.54. The van der Waals surface area contributed by atoms with Gasteiger partial charge in [0.05, 0.1) is 18.0 Å². The molecule has 1 amide bonds. The predicted octanol–water partition coefficient (Wildman–Crippen LogP) is 3.82. The molecule has 2 aromatic rings. The van der Waals surface area contributed by atoms with Gasteiger partial charge in [-0.25, -0.2) is 4.98 Å². The van der Waals surface area contributed by atoms with Gasteiger partial charge >= 0.3 is 0 Å². The van der Waals surface area contributed by atoms with Gasteiger partial charge < -0.3 is 20.5 Å². The van der Waals surface area contributed by atoms with Crippen molar-refractivity contribution in [2.75, 3.05) is 11.9 Å². The third-order valence-electron chi connectivity index (χ3n) is 3.70. The molecule has 3 N–H and O–H groups in total. The first kappa shape index (κ1) is 22.5. The van der Waals surface area contributed by atoms with E-state index in [4.69, 9.17) is 26.8 Å². The van der Waals surface area contributed by atoms with Crippen molar-refractivity contribution in [2.45, 2.75) is 25.0 Å². The van der Waals surface area contributed by atoms with Gasteiger partial charge in [-0.05, 0) is 43.2 Å². The molecule has 1 saturated heterocycles. The van der Waals surface area contributed by atoms with Crippen molar-refractivity contribution in [1.29, 1.82) is 0 Å². The smallest absolute Gasteiger partial charge is 0.253 e. The molecule has 3 rings (SSSR count). The fourth-order valence-electron chi connectivity index (χ4n) is 2.43. The lowest BCUT2D eigenvalue weighted by Crippen LogP contribution is -2.29. The fraction of sp³-hybridized carbons (Fsp3) is 0.294. The summed E-state index contributed by atoms with van der Waals surface area (Å²) in [4.78, 5) is 16.3. The molecule has 6 nitrogen and oxygen atoms in total. The molecule has 142 valence electrons. The number of hydrogen-bond acceptors (Lipinski definition) is 5. The van der Waals surface area contributed by atoms with Crippen LogP contribution in [0.3, 0.4) is 0 Å². The second-order valence-electron chi connectivity index (χ2n) is 5.49. The number of nitrogens with two attached hydrogens (primary N) is 1. The molecular formula is C17H20Cl3N3O3. The summed E-state index contributed by atoms with van der Waals surface area (Å²) in [6, 6.07) is 10.4. The molecule has 9 heteroatoms. The number of ether oxygens (including phenoxy) is 2. The second kappa shape index (κ2) is 10.5. The highest BCUT2D eigenvalue weighted by atomic mass is 35.5. The summed E-state index contributed by atoms with van der Waals surface area (Å²) >= 11 is 5.83. The summed E-state index contributed by atoms with van der Waals surface area (Å²) in [5, 5.41) is 3.43. The van der Waals surface area contributed by atoms with Crippen molar-refractivity contribution in [1.82, 2.24) is 4.98 Å². The molecule has 1 aliphatic rings. The van der Waals surface area contributed by atoms with Crippen molar-refractivity contribution in [3.63, 3.8) is 0 Å². The van der Waals surface area contributed by atoms with Gasteiger partial charge in [-0.15, -0.1) is 24.8 Å². The molecule has 1 aliphatic heterocycles. The molecule has 0 aliphatic carbocycles. The number of halogens is 3. The minimum atomic E-state index is -0.455. The molecule has 0 radical (unpaired) electrons. The minimum Gasteiger partial charge on any atom is -0.439 e. The van der Waals surface area contributed by atoms with Gasteiger partial charge in [0.25, 0.3) is 5.91 Å². The van der Waals surface area contributed by atoms with E-state index in [2.05, 4.69) is 10.3 Å². The maximum atomic E-state index is 12.1. The lowest BCUT2D eigenvalue weighted by atomic mass is 10.2. The Hall–Kier alpha value is -1.57. The van der Waals surface area contributed by atoms with Crippen molar-refractivity contribution in [3.05, 3.63) is 47.6 Å². The molecule has 0 saturated carbocycles. The second-order valence-corrected chi connectivity index (χ2v) is 5.93. The molecule has 0 bridgehead atoms. The van der Waals surface area contributed by atoms with Crippen molar-refractivity contribution < 1.29 is 14.3 Å². The zero-order valence-electron chi connectivity index (χ0n) is 13.8. The fourth-order valence-corrected chi connectivity index (χ4v) is 2.56. The average molecular weight is 421 g/mol. The zero-order chi connectivity index (χ0) is 16.9. The van der Waals surface area contributed by atoms with E-state index in [9.17, 15) is 4.79 Å². The minimum absolute atomic E-state index is 0. The third kappa shape index (κ3) is 6.00. The number of pyridine rings is 1. The number of amides is 1. The Kier molecular flexibility index (Phi) is 9.12. The Morgan fingerprint density at radius 3 is 2.54 bits per heavy atom. The van der Waals surface area contributed by atoms with Crippen molar-refractivity contribution in [3.8, 4) is 11.6 Å². The summed E-state index contributed by atoms with van der Waals surface area (Å²) in [7, 11) is 0. The number of nitrogens with zero attached hydrogens (tertiary/aromatic N) is 1. The molecule has 0 spiro atoms. The van der Waals surface area contributed by atoms with E-state index in [-0.39, 0.29) is 36.8 Å². The topological polar surface area (TPSA) is 86.5 Å². The molecule has 2 atom stereocenters. The van der Waals surface area contributed by atoms with Gasteiger partial charge in [-0.3, -0.25) is 4.79 Å². The van der Waals surface area contributed by atoms with E-state index >= 15 is 0 Å². The van der Waals surface area contributed by atoms with E-state index in [1.54, 1.807) is 42.6 Å². The third-order valence-corrected chi connectivity index (χ3v) is 3.95. The number of nitrogens with one attached hydrogen (secondary N) is 1. The van der Waals surface area contributed by atoms with Crippen molar-refractivity contribution >= 4 is 48.0 Å². The molecule has 1 fully saturated rings. The molecular weight excluding hydrogens is 401 g/mol. The predicted molar refractivity (Wildman–Crippen MR) is 106 cm³/mol. The van der Waals surface area contributed by atoms with Crippen LogP contribution in [0.4, 0.5) is 5.69 Å². The van der Waals surface area contributed by atoms with Crippen LogP contribution in [0, 0.1) is 0 Å². The van der Waals surface area contributed by atoms with Crippen LogP contribution >= 0.6 is 36.4 Å². The molecule has 1 aromatic heterocycles. The van der Waals surface area contributed by atoms with Crippen LogP contribution in [0.25, 0.3) is 0 Å². The van der Waals surface area contributed by atoms with E-state index < -0.39 is 6.10 Å². The summed E-state index contributed by atoms with van der Waals surface area (Å²) < 4.78 is 11.2. The first-order chi connectivity index (χ1) is 11.6. The number of aromatic nitrogens is 1. The summed E-state index contributed by atoms with van der Waals surface area (Å²) in [5.74, 6) is 0.880. The first-order valence-corrected chi connectivity index (χ1v) is 8.07. The highest BCUT2D eigenvalue weighted by Crippen LogP contribution is 2.23. The number of rotatable bonds is 5. The van der Waals surface area contributed by atoms with Crippen LogP contribution in [0.15, 0.2) is 42.6 Å². The van der Waals surface area contributed by atoms with Gasteiger partial charge in [-0.2, -0.15) is 0 Å². The molecule has 0 unspecified atom stereocenters. The van der Waals surface area contributed by atoms with Crippen LogP contribution < -0.4 is 15.8 Å². The number of carbonyl (C=O) groups excluding carboxylic acids is 1. The maximum Gasteiger partial charge on any atom is 0.253 e. The Balaban J connectivity index is 0.00000169. The van der Waals surface area contributed by atoms with Gasteiger partial charge in [0.1, 0.15) is 11.9 Å². The normalized spacial score (nSPS) is 18.4. The molecule has 1 aromatic carbocycles. The van der Waals surface area contributed by atoms with Crippen LogP contribution in [0.2, 0.25) is 5.02 Å².